The Balaban J connectivity index is 1.49. The van der Waals surface area contributed by atoms with E-state index in [1.54, 1.807) is 24.2 Å². The Bertz CT molecular complexity index is 954. The number of carbonyl (C=O) groups is 2. The number of rotatable bonds is 8. The molecule has 1 saturated heterocycles. The standard InChI is InChI=1S/C25H29ClN2O4/c1-3-32-24-21(26)15-19(16-22(24)31-2)17-27-25(30)20-11-13-28(14-12-20)23(29)10-9-18-7-5-4-6-8-18/h4-10,15-16,20H,3,11-14,17H2,1-2H3,(H,27,30)/b10-9+. The van der Waals surface area contributed by atoms with Crippen LogP contribution in [-0.4, -0.2) is 43.5 Å². The van der Waals surface area contributed by atoms with Gasteiger partial charge in [0.25, 0.3) is 0 Å². The molecular formula is C25H29ClN2O4. The first-order valence-corrected chi connectivity index (χ1v) is 11.2. The lowest BCUT2D eigenvalue weighted by atomic mass is 9.95. The number of amides is 2. The van der Waals surface area contributed by atoms with Crippen molar-refractivity contribution in [3.63, 3.8) is 0 Å². The van der Waals surface area contributed by atoms with Gasteiger partial charge in [-0.05, 0) is 49.1 Å². The van der Waals surface area contributed by atoms with Gasteiger partial charge >= 0.3 is 0 Å². The Morgan fingerprint density at radius 1 is 1.19 bits per heavy atom. The van der Waals surface area contributed by atoms with E-state index in [0.717, 1.165) is 11.1 Å². The van der Waals surface area contributed by atoms with Crippen LogP contribution in [0.2, 0.25) is 5.02 Å². The molecule has 1 aliphatic heterocycles. The van der Waals surface area contributed by atoms with Crippen LogP contribution >= 0.6 is 11.6 Å². The summed E-state index contributed by atoms with van der Waals surface area (Å²) in [6.07, 6.45) is 4.70. The number of hydrogen-bond acceptors (Lipinski definition) is 4. The van der Waals surface area contributed by atoms with Gasteiger partial charge in [-0.15, -0.1) is 0 Å². The molecule has 1 aliphatic rings. The van der Waals surface area contributed by atoms with Crippen molar-refractivity contribution in [3.05, 3.63) is 64.7 Å². The van der Waals surface area contributed by atoms with Crippen LogP contribution in [-0.2, 0) is 16.1 Å². The molecule has 0 spiro atoms. The highest BCUT2D eigenvalue weighted by molar-refractivity contribution is 6.32. The molecule has 7 heteroatoms. The van der Waals surface area contributed by atoms with Crippen molar-refractivity contribution >= 4 is 29.5 Å². The van der Waals surface area contributed by atoms with Gasteiger partial charge in [0.05, 0.1) is 18.7 Å². The van der Waals surface area contributed by atoms with Crippen LogP contribution in [0.15, 0.2) is 48.5 Å². The molecule has 0 unspecified atom stereocenters. The number of nitrogens with one attached hydrogen (secondary N) is 1. The monoisotopic (exact) mass is 456 g/mol. The van der Waals surface area contributed by atoms with E-state index < -0.39 is 0 Å². The highest BCUT2D eigenvalue weighted by atomic mass is 35.5. The van der Waals surface area contributed by atoms with E-state index in [9.17, 15) is 9.59 Å². The predicted octanol–water partition coefficient (Wildman–Crippen LogP) is 4.32. The number of hydrogen-bond donors (Lipinski definition) is 1. The summed E-state index contributed by atoms with van der Waals surface area (Å²) < 4.78 is 10.9. The SMILES string of the molecule is CCOc1c(Cl)cc(CNC(=O)C2CCN(C(=O)/C=C/c3ccccc3)CC2)cc1OC. The quantitative estimate of drug-likeness (QED) is 0.601. The number of ether oxygens (including phenoxy) is 2. The van der Waals surface area contributed by atoms with E-state index in [4.69, 9.17) is 21.1 Å². The topological polar surface area (TPSA) is 67.9 Å². The van der Waals surface area contributed by atoms with E-state index in [-0.39, 0.29) is 17.7 Å². The third-order valence-electron chi connectivity index (χ3n) is 5.44. The number of piperidine rings is 1. The fraction of sp³-hybridized carbons (Fsp3) is 0.360. The molecule has 0 aromatic heterocycles. The van der Waals surface area contributed by atoms with Gasteiger partial charge in [0.2, 0.25) is 11.8 Å². The molecule has 0 saturated carbocycles. The summed E-state index contributed by atoms with van der Waals surface area (Å²) in [6, 6.07) is 13.3. The normalized spacial score (nSPS) is 14.4. The first-order chi connectivity index (χ1) is 15.5. The van der Waals surface area contributed by atoms with Gasteiger partial charge in [-0.2, -0.15) is 0 Å². The molecule has 32 heavy (non-hydrogen) atoms. The zero-order valence-corrected chi connectivity index (χ0v) is 19.2. The Labute approximate surface area is 194 Å². The minimum atomic E-state index is -0.114. The molecule has 2 amide bonds. The summed E-state index contributed by atoms with van der Waals surface area (Å²) in [6.45, 7) is 3.84. The minimum absolute atomic E-state index is 0.0131. The van der Waals surface area contributed by atoms with E-state index in [0.29, 0.717) is 55.6 Å². The van der Waals surface area contributed by atoms with Crippen LogP contribution in [0.1, 0.15) is 30.9 Å². The molecule has 0 bridgehead atoms. The maximum Gasteiger partial charge on any atom is 0.246 e. The van der Waals surface area contributed by atoms with Crippen molar-refractivity contribution < 1.29 is 19.1 Å². The summed E-state index contributed by atoms with van der Waals surface area (Å²) in [5.41, 5.74) is 1.82. The van der Waals surface area contributed by atoms with Crippen molar-refractivity contribution in [1.29, 1.82) is 0 Å². The molecule has 1 heterocycles. The van der Waals surface area contributed by atoms with Crippen LogP contribution < -0.4 is 14.8 Å². The molecule has 1 N–H and O–H groups in total. The summed E-state index contributed by atoms with van der Waals surface area (Å²) >= 11 is 6.31. The number of methoxy groups -OCH3 is 1. The number of carbonyl (C=O) groups excluding carboxylic acids is 2. The second-order valence-corrected chi connectivity index (χ2v) is 8.01. The van der Waals surface area contributed by atoms with E-state index in [2.05, 4.69) is 5.32 Å². The minimum Gasteiger partial charge on any atom is -0.493 e. The Hall–Kier alpha value is -2.99. The van der Waals surface area contributed by atoms with Crippen LogP contribution in [0.3, 0.4) is 0 Å². The molecule has 3 rings (SSSR count). The largest absolute Gasteiger partial charge is 0.493 e. The van der Waals surface area contributed by atoms with Crippen LogP contribution in [0.4, 0.5) is 0 Å². The van der Waals surface area contributed by atoms with Crippen LogP contribution in [0.25, 0.3) is 6.08 Å². The molecule has 170 valence electrons. The van der Waals surface area contributed by atoms with Crippen molar-refractivity contribution in [2.75, 3.05) is 26.8 Å². The fourth-order valence-electron chi connectivity index (χ4n) is 3.69. The van der Waals surface area contributed by atoms with Crippen molar-refractivity contribution in [1.82, 2.24) is 10.2 Å². The second kappa shape index (κ2) is 11.6. The van der Waals surface area contributed by atoms with Crippen LogP contribution in [0, 0.1) is 5.92 Å². The third-order valence-corrected chi connectivity index (χ3v) is 5.72. The van der Waals surface area contributed by atoms with E-state index in [1.807, 2.05) is 49.4 Å². The number of likely N-dealkylation sites (tertiary alicyclic amines) is 1. The maximum absolute atomic E-state index is 12.7. The van der Waals surface area contributed by atoms with Crippen molar-refractivity contribution in [2.45, 2.75) is 26.3 Å². The molecule has 0 aliphatic carbocycles. The van der Waals surface area contributed by atoms with Gasteiger partial charge in [-0.1, -0.05) is 41.9 Å². The lowest BCUT2D eigenvalue weighted by molar-refractivity contribution is -0.132. The van der Waals surface area contributed by atoms with E-state index >= 15 is 0 Å². The lowest BCUT2D eigenvalue weighted by Gasteiger charge is -2.30. The number of halogens is 1. The van der Waals surface area contributed by atoms with Gasteiger partial charge in [-0.25, -0.2) is 0 Å². The van der Waals surface area contributed by atoms with Crippen LogP contribution in [0.5, 0.6) is 11.5 Å². The molecule has 1 fully saturated rings. The summed E-state index contributed by atoms with van der Waals surface area (Å²) in [5, 5.41) is 3.43. The maximum atomic E-state index is 12.7. The van der Waals surface area contributed by atoms with Gasteiger partial charge < -0.3 is 19.7 Å². The summed E-state index contributed by atoms with van der Waals surface area (Å²) in [5.74, 6) is 0.894. The first kappa shape index (κ1) is 23.7. The molecule has 0 radical (unpaired) electrons. The average molecular weight is 457 g/mol. The lowest BCUT2D eigenvalue weighted by Crippen LogP contribution is -2.42. The Morgan fingerprint density at radius 3 is 2.56 bits per heavy atom. The highest BCUT2D eigenvalue weighted by Gasteiger charge is 2.26. The predicted molar refractivity (Wildman–Crippen MR) is 126 cm³/mol. The summed E-state index contributed by atoms with van der Waals surface area (Å²) in [4.78, 5) is 26.9. The molecule has 2 aromatic carbocycles. The summed E-state index contributed by atoms with van der Waals surface area (Å²) in [7, 11) is 1.56. The Kier molecular flexibility index (Phi) is 8.56. The fourth-order valence-corrected chi connectivity index (χ4v) is 3.98. The smallest absolute Gasteiger partial charge is 0.246 e. The van der Waals surface area contributed by atoms with Gasteiger partial charge in [0.1, 0.15) is 0 Å². The average Bonchev–Trinajstić information content (AvgIpc) is 2.83. The number of nitrogens with zero attached hydrogens (tertiary/aromatic N) is 1. The van der Waals surface area contributed by atoms with Gasteiger partial charge in [-0.3, -0.25) is 9.59 Å². The third kappa shape index (κ3) is 6.26. The molecule has 2 aromatic rings. The second-order valence-electron chi connectivity index (χ2n) is 7.60. The molecule has 0 atom stereocenters. The van der Waals surface area contributed by atoms with Gasteiger partial charge in [0.15, 0.2) is 11.5 Å². The first-order valence-electron chi connectivity index (χ1n) is 10.8. The zero-order valence-electron chi connectivity index (χ0n) is 18.5. The Morgan fingerprint density at radius 2 is 1.91 bits per heavy atom. The van der Waals surface area contributed by atoms with Crippen molar-refractivity contribution in [2.24, 2.45) is 5.92 Å². The van der Waals surface area contributed by atoms with Gasteiger partial charge in [0, 0.05) is 31.6 Å². The molecular weight excluding hydrogens is 428 g/mol. The van der Waals surface area contributed by atoms with Crippen molar-refractivity contribution in [3.8, 4) is 11.5 Å². The highest BCUT2D eigenvalue weighted by Crippen LogP contribution is 2.36. The zero-order chi connectivity index (χ0) is 22.9. The molecule has 6 nitrogen and oxygen atoms in total. The number of benzene rings is 2. The van der Waals surface area contributed by atoms with E-state index in [1.165, 1.54) is 0 Å².